The van der Waals surface area contributed by atoms with E-state index in [4.69, 9.17) is 5.11 Å². The molecule has 0 unspecified atom stereocenters. The highest BCUT2D eigenvalue weighted by Gasteiger charge is 2.51. The summed E-state index contributed by atoms with van der Waals surface area (Å²) in [5, 5.41) is 18.3. The van der Waals surface area contributed by atoms with Crippen molar-refractivity contribution in [3.63, 3.8) is 0 Å². The molecule has 0 spiro atoms. The topological polar surface area (TPSA) is 77.4 Å². The maximum Gasteiger partial charge on any atom is 0.315 e. The fourth-order valence-electron chi connectivity index (χ4n) is 0.630. The van der Waals surface area contributed by atoms with Crippen LogP contribution in [0, 0.1) is 5.41 Å². The Morgan fingerprint density at radius 3 is 1.89 bits per heavy atom. The monoisotopic (exact) mass is 129 g/mol. The van der Waals surface area contributed by atoms with Gasteiger partial charge in [0.25, 0.3) is 0 Å². The molecule has 0 aliphatic heterocycles. The molecule has 9 heavy (non-hydrogen) atoms. The van der Waals surface area contributed by atoms with Crippen molar-refractivity contribution in [2.24, 2.45) is 5.41 Å². The quantitative estimate of drug-likeness (QED) is 0.465. The average molecular weight is 129 g/mol. The normalized spacial score (nSPS) is 20.9. The third-order valence-electron chi connectivity index (χ3n) is 1.55. The summed E-state index contributed by atoms with van der Waals surface area (Å²) in [6, 6.07) is 0. The molecule has 0 heterocycles. The summed E-state index contributed by atoms with van der Waals surface area (Å²) in [6.07, 6.45) is 0.426. The molecule has 0 aromatic carbocycles. The van der Waals surface area contributed by atoms with Crippen LogP contribution < -0.4 is 5.11 Å². The lowest BCUT2D eigenvalue weighted by Crippen LogP contribution is -2.37. The van der Waals surface area contributed by atoms with Crippen LogP contribution in [0.4, 0.5) is 0 Å². The van der Waals surface area contributed by atoms with Gasteiger partial charge in [0.2, 0.25) is 0 Å². The van der Waals surface area contributed by atoms with Crippen molar-refractivity contribution in [3.8, 4) is 0 Å². The minimum absolute atomic E-state index is 0.213. The van der Waals surface area contributed by atoms with Crippen molar-refractivity contribution in [2.45, 2.75) is 12.8 Å². The Balaban J connectivity index is 2.75. The van der Waals surface area contributed by atoms with Gasteiger partial charge in [0.15, 0.2) is 0 Å². The van der Waals surface area contributed by atoms with E-state index in [0.717, 1.165) is 0 Å². The van der Waals surface area contributed by atoms with Crippen molar-refractivity contribution in [2.75, 3.05) is 0 Å². The van der Waals surface area contributed by atoms with Gasteiger partial charge in [-0.1, -0.05) is 0 Å². The second-order valence-corrected chi connectivity index (χ2v) is 2.17. The number of carboxylic acid groups (broad SMARTS) is 2. The Morgan fingerprint density at radius 1 is 1.44 bits per heavy atom. The summed E-state index contributed by atoms with van der Waals surface area (Å²) < 4.78 is 0. The summed E-state index contributed by atoms with van der Waals surface area (Å²) in [5.41, 5.74) is -1.53. The van der Waals surface area contributed by atoms with Crippen LogP contribution in [0.5, 0.6) is 0 Å². The first-order chi connectivity index (χ1) is 4.09. The zero-order valence-electron chi connectivity index (χ0n) is 4.59. The fraction of sp³-hybridized carbons (Fsp3) is 0.600. The SMILES string of the molecule is O=C([O-])C1(C(=O)O)CC1. The van der Waals surface area contributed by atoms with Crippen molar-refractivity contribution in [1.29, 1.82) is 0 Å². The predicted octanol–water partition coefficient (Wildman–Crippen LogP) is -1.40. The van der Waals surface area contributed by atoms with Gasteiger partial charge < -0.3 is 15.0 Å². The lowest BCUT2D eigenvalue weighted by molar-refractivity contribution is -0.312. The van der Waals surface area contributed by atoms with Crippen molar-refractivity contribution in [3.05, 3.63) is 0 Å². The number of rotatable bonds is 2. The Kier molecular flexibility index (Phi) is 0.986. The van der Waals surface area contributed by atoms with Crippen molar-refractivity contribution < 1.29 is 19.8 Å². The molecule has 0 bridgehead atoms. The molecule has 0 aromatic heterocycles. The van der Waals surface area contributed by atoms with Crippen LogP contribution >= 0.6 is 0 Å². The Bertz CT molecular complexity index is 152. The molecule has 0 amide bonds. The van der Waals surface area contributed by atoms with E-state index in [1.165, 1.54) is 0 Å². The third kappa shape index (κ3) is 0.667. The van der Waals surface area contributed by atoms with Crippen LogP contribution in [-0.4, -0.2) is 17.0 Å². The van der Waals surface area contributed by atoms with Gasteiger partial charge in [-0.15, -0.1) is 0 Å². The summed E-state index contributed by atoms with van der Waals surface area (Å²) in [5.74, 6) is -2.74. The molecule has 50 valence electrons. The number of aliphatic carboxylic acids is 2. The highest BCUT2D eigenvalue weighted by Crippen LogP contribution is 2.45. The summed E-state index contributed by atoms with van der Waals surface area (Å²) >= 11 is 0. The van der Waals surface area contributed by atoms with E-state index in [0.29, 0.717) is 0 Å². The number of carboxylic acids is 2. The number of carbonyl (C=O) groups excluding carboxylic acids is 1. The second-order valence-electron chi connectivity index (χ2n) is 2.17. The van der Waals surface area contributed by atoms with E-state index in [9.17, 15) is 14.7 Å². The van der Waals surface area contributed by atoms with E-state index >= 15 is 0 Å². The molecule has 0 radical (unpaired) electrons. The maximum atomic E-state index is 10.1. The molecule has 1 aliphatic rings. The molecule has 4 nitrogen and oxygen atoms in total. The molecule has 1 aliphatic carbocycles. The first kappa shape index (κ1) is 6.07. The highest BCUT2D eigenvalue weighted by atomic mass is 16.4. The zero-order valence-corrected chi connectivity index (χ0v) is 4.59. The molecule has 0 aromatic rings. The highest BCUT2D eigenvalue weighted by molar-refractivity contribution is 6.00. The third-order valence-corrected chi connectivity index (χ3v) is 1.55. The second kappa shape index (κ2) is 1.46. The molecular weight excluding hydrogens is 124 g/mol. The zero-order chi connectivity index (χ0) is 7.07. The molecule has 1 saturated carbocycles. The average Bonchev–Trinajstić information content (AvgIpc) is 2.40. The predicted molar refractivity (Wildman–Crippen MR) is 24.3 cm³/mol. The summed E-state index contributed by atoms with van der Waals surface area (Å²) in [4.78, 5) is 20.1. The van der Waals surface area contributed by atoms with Gasteiger partial charge in [-0.25, -0.2) is 0 Å². The van der Waals surface area contributed by atoms with Gasteiger partial charge in [-0.2, -0.15) is 0 Å². The van der Waals surface area contributed by atoms with E-state index in [1.807, 2.05) is 0 Å². The van der Waals surface area contributed by atoms with Gasteiger partial charge in [-0.05, 0) is 12.8 Å². The number of hydrogen-bond donors (Lipinski definition) is 1. The molecule has 1 fully saturated rings. The smallest absolute Gasteiger partial charge is 0.315 e. The van der Waals surface area contributed by atoms with Gasteiger partial charge in [0.05, 0.1) is 5.97 Å². The molecule has 0 atom stereocenters. The van der Waals surface area contributed by atoms with E-state index < -0.39 is 17.4 Å². The minimum Gasteiger partial charge on any atom is -0.549 e. The first-order valence-corrected chi connectivity index (χ1v) is 2.54. The van der Waals surface area contributed by atoms with Crippen LogP contribution in [0.1, 0.15) is 12.8 Å². The Labute approximate surface area is 51.1 Å². The molecular formula is C5H5O4-. The lowest BCUT2D eigenvalue weighted by Gasteiger charge is -2.08. The van der Waals surface area contributed by atoms with Gasteiger partial charge in [0.1, 0.15) is 5.41 Å². The van der Waals surface area contributed by atoms with Crippen molar-refractivity contribution >= 4 is 11.9 Å². The van der Waals surface area contributed by atoms with Crippen LogP contribution in [0.2, 0.25) is 0 Å². The molecule has 4 heteroatoms. The van der Waals surface area contributed by atoms with E-state index in [1.54, 1.807) is 0 Å². The summed E-state index contributed by atoms with van der Waals surface area (Å²) in [6.45, 7) is 0. The minimum atomic E-state index is -1.53. The molecule has 0 saturated heterocycles. The van der Waals surface area contributed by atoms with Gasteiger partial charge >= 0.3 is 5.97 Å². The van der Waals surface area contributed by atoms with Crippen LogP contribution in [0.15, 0.2) is 0 Å². The van der Waals surface area contributed by atoms with Crippen LogP contribution in [-0.2, 0) is 9.59 Å². The van der Waals surface area contributed by atoms with Crippen LogP contribution in [0.3, 0.4) is 0 Å². The van der Waals surface area contributed by atoms with Gasteiger partial charge in [-0.3, -0.25) is 4.79 Å². The Hall–Kier alpha value is -1.06. The Morgan fingerprint density at radius 2 is 1.89 bits per heavy atom. The van der Waals surface area contributed by atoms with E-state index in [-0.39, 0.29) is 12.8 Å². The lowest BCUT2D eigenvalue weighted by atomic mass is 10.1. The van der Waals surface area contributed by atoms with Gasteiger partial charge in [0, 0.05) is 0 Å². The van der Waals surface area contributed by atoms with E-state index in [2.05, 4.69) is 0 Å². The van der Waals surface area contributed by atoms with Crippen LogP contribution in [0.25, 0.3) is 0 Å². The largest absolute Gasteiger partial charge is 0.549 e. The molecule has 1 rings (SSSR count). The molecule has 1 N–H and O–H groups in total. The maximum absolute atomic E-state index is 10.1. The standard InChI is InChI=1S/C5H6O4/c6-3(7)5(1-2-5)4(8)9/h1-2H2,(H,6,7)(H,8,9)/p-1. The fourth-order valence-corrected chi connectivity index (χ4v) is 0.630. The number of hydrogen-bond acceptors (Lipinski definition) is 3. The first-order valence-electron chi connectivity index (χ1n) is 2.54. The summed E-state index contributed by atoms with van der Waals surface area (Å²) in [7, 11) is 0. The number of carbonyl (C=O) groups is 2. The van der Waals surface area contributed by atoms with Crippen molar-refractivity contribution in [1.82, 2.24) is 0 Å².